The molecule has 0 aromatic rings. The average Bonchev–Trinajstić information content (AvgIpc) is 2.97. The Kier molecular flexibility index (Phi) is 5.34. The predicted molar refractivity (Wildman–Crippen MR) is 112 cm³/mol. The van der Waals surface area contributed by atoms with Gasteiger partial charge in [-0.2, -0.15) is 0 Å². The molecule has 168 valence electrons. The molecular formula is C25H38O5. The van der Waals surface area contributed by atoms with Crippen LogP contribution in [0.1, 0.15) is 92.4 Å². The van der Waals surface area contributed by atoms with E-state index >= 15 is 0 Å². The third-order valence-electron chi connectivity index (χ3n) is 9.91. The van der Waals surface area contributed by atoms with Crippen molar-refractivity contribution < 1.29 is 23.9 Å². The van der Waals surface area contributed by atoms with Crippen molar-refractivity contribution in [2.45, 2.75) is 104 Å². The van der Waals surface area contributed by atoms with Gasteiger partial charge in [-0.1, -0.05) is 13.8 Å². The Labute approximate surface area is 180 Å². The van der Waals surface area contributed by atoms with E-state index in [1.165, 1.54) is 26.7 Å². The summed E-state index contributed by atoms with van der Waals surface area (Å²) in [6, 6.07) is 0. The van der Waals surface area contributed by atoms with Crippen molar-refractivity contribution in [1.29, 1.82) is 0 Å². The predicted octanol–water partition coefficient (Wildman–Crippen LogP) is 4.85. The molecule has 0 aromatic heterocycles. The molecule has 0 saturated heterocycles. The van der Waals surface area contributed by atoms with Crippen LogP contribution < -0.4 is 0 Å². The van der Waals surface area contributed by atoms with Crippen LogP contribution in [0.2, 0.25) is 0 Å². The van der Waals surface area contributed by atoms with Gasteiger partial charge in [0.05, 0.1) is 0 Å². The molecule has 0 unspecified atom stereocenters. The number of fused-ring (bicyclic) bond motifs is 5. The van der Waals surface area contributed by atoms with Crippen molar-refractivity contribution in [1.82, 2.24) is 0 Å². The first-order valence-corrected chi connectivity index (χ1v) is 11.9. The van der Waals surface area contributed by atoms with E-state index in [1.807, 2.05) is 0 Å². The summed E-state index contributed by atoms with van der Waals surface area (Å²) in [5.74, 6) is 1.85. The van der Waals surface area contributed by atoms with Crippen molar-refractivity contribution in [3.05, 3.63) is 0 Å². The molecule has 0 aromatic carbocycles. The zero-order chi connectivity index (χ0) is 21.9. The van der Waals surface area contributed by atoms with Gasteiger partial charge in [-0.05, 0) is 93.8 Å². The topological polar surface area (TPSA) is 69.7 Å². The molecule has 30 heavy (non-hydrogen) atoms. The van der Waals surface area contributed by atoms with Crippen LogP contribution in [-0.4, -0.2) is 29.4 Å². The number of carbonyl (C=O) groups excluding carboxylic acids is 3. The Balaban J connectivity index is 1.56. The lowest BCUT2D eigenvalue weighted by atomic mass is 9.44. The van der Waals surface area contributed by atoms with Gasteiger partial charge in [-0.15, -0.1) is 0 Å². The highest BCUT2D eigenvalue weighted by Crippen LogP contribution is 2.67. The third kappa shape index (κ3) is 3.22. The standard InChI is InChI=1S/C25H38O5/c1-15(26)25(30-17(3)28)13-12-23(4)18(14-25)6-7-19-20-8-9-22(29-16(2)27)24(20,5)11-10-21(19)23/h18-22H,6-14H2,1-5H3/t18-,19-,20+,21-,22-,23-,24-,25+/m0/s1. The Hall–Kier alpha value is -1.39. The number of Topliss-reactive ketones (excluding diaryl/α,β-unsaturated/α-hetero) is 1. The molecule has 0 radical (unpaired) electrons. The molecule has 0 aliphatic heterocycles. The van der Waals surface area contributed by atoms with Gasteiger partial charge >= 0.3 is 11.9 Å². The fourth-order valence-electron chi connectivity index (χ4n) is 8.34. The summed E-state index contributed by atoms with van der Waals surface area (Å²) >= 11 is 0. The second-order valence-electron chi connectivity index (χ2n) is 11.2. The molecule has 0 bridgehead atoms. The minimum atomic E-state index is -0.917. The van der Waals surface area contributed by atoms with Crippen LogP contribution in [0, 0.1) is 34.5 Å². The van der Waals surface area contributed by atoms with E-state index in [4.69, 9.17) is 9.47 Å². The lowest BCUT2D eigenvalue weighted by Crippen LogP contribution is -2.58. The summed E-state index contributed by atoms with van der Waals surface area (Å²) in [6.45, 7) is 9.31. The number of ketones is 1. The van der Waals surface area contributed by atoms with Gasteiger partial charge in [0.25, 0.3) is 0 Å². The van der Waals surface area contributed by atoms with Gasteiger partial charge in [-0.3, -0.25) is 14.4 Å². The molecule has 4 aliphatic carbocycles. The summed E-state index contributed by atoms with van der Waals surface area (Å²) in [4.78, 5) is 35.9. The van der Waals surface area contributed by atoms with Crippen LogP contribution >= 0.6 is 0 Å². The van der Waals surface area contributed by atoms with E-state index in [1.54, 1.807) is 6.92 Å². The molecule has 5 nitrogen and oxygen atoms in total. The third-order valence-corrected chi connectivity index (χ3v) is 9.91. The van der Waals surface area contributed by atoms with Crippen molar-refractivity contribution in [2.24, 2.45) is 34.5 Å². The fraction of sp³-hybridized carbons (Fsp3) is 0.880. The van der Waals surface area contributed by atoms with Gasteiger partial charge in [-0.25, -0.2) is 0 Å². The number of esters is 2. The monoisotopic (exact) mass is 418 g/mol. The van der Waals surface area contributed by atoms with Gasteiger partial charge in [0.2, 0.25) is 0 Å². The van der Waals surface area contributed by atoms with Gasteiger partial charge in [0.15, 0.2) is 11.4 Å². The van der Waals surface area contributed by atoms with Crippen LogP contribution in [0.25, 0.3) is 0 Å². The smallest absolute Gasteiger partial charge is 0.303 e. The zero-order valence-corrected chi connectivity index (χ0v) is 19.3. The van der Waals surface area contributed by atoms with Crippen LogP contribution in [-0.2, 0) is 23.9 Å². The van der Waals surface area contributed by atoms with Gasteiger partial charge < -0.3 is 9.47 Å². The molecule has 4 saturated carbocycles. The Morgan fingerprint density at radius 2 is 1.47 bits per heavy atom. The maximum Gasteiger partial charge on any atom is 0.303 e. The average molecular weight is 419 g/mol. The second kappa shape index (κ2) is 7.34. The lowest BCUT2D eigenvalue weighted by Gasteiger charge is -2.61. The molecule has 8 atom stereocenters. The van der Waals surface area contributed by atoms with Crippen molar-refractivity contribution in [3.8, 4) is 0 Å². The summed E-state index contributed by atoms with van der Waals surface area (Å²) in [5.41, 5.74) is -0.617. The number of carbonyl (C=O) groups is 3. The van der Waals surface area contributed by atoms with E-state index < -0.39 is 5.60 Å². The van der Waals surface area contributed by atoms with Gasteiger partial charge in [0, 0.05) is 19.3 Å². The van der Waals surface area contributed by atoms with E-state index in [9.17, 15) is 14.4 Å². The van der Waals surface area contributed by atoms with Crippen molar-refractivity contribution >= 4 is 17.7 Å². The van der Waals surface area contributed by atoms with E-state index in [2.05, 4.69) is 13.8 Å². The number of hydrogen-bond acceptors (Lipinski definition) is 5. The summed E-state index contributed by atoms with van der Waals surface area (Å²) in [7, 11) is 0. The van der Waals surface area contributed by atoms with Crippen LogP contribution in [0.5, 0.6) is 0 Å². The quantitative estimate of drug-likeness (QED) is 0.613. The number of hydrogen-bond donors (Lipinski definition) is 0. The molecule has 4 aliphatic rings. The number of ether oxygens (including phenoxy) is 2. The molecular weight excluding hydrogens is 380 g/mol. The van der Waals surface area contributed by atoms with E-state index in [-0.39, 0.29) is 34.7 Å². The van der Waals surface area contributed by atoms with Gasteiger partial charge in [0.1, 0.15) is 6.10 Å². The summed E-state index contributed by atoms with van der Waals surface area (Å²) in [5, 5.41) is 0. The Morgan fingerprint density at radius 3 is 2.10 bits per heavy atom. The lowest BCUT2D eigenvalue weighted by molar-refractivity contribution is -0.188. The minimum Gasteiger partial charge on any atom is -0.462 e. The first-order valence-electron chi connectivity index (χ1n) is 11.9. The largest absolute Gasteiger partial charge is 0.462 e. The van der Waals surface area contributed by atoms with Crippen molar-refractivity contribution in [2.75, 3.05) is 0 Å². The molecule has 0 heterocycles. The highest BCUT2D eigenvalue weighted by Gasteiger charge is 2.63. The summed E-state index contributed by atoms with van der Waals surface area (Å²) in [6.07, 6.45) is 9.03. The Morgan fingerprint density at radius 1 is 0.767 bits per heavy atom. The van der Waals surface area contributed by atoms with Crippen molar-refractivity contribution in [3.63, 3.8) is 0 Å². The molecule has 5 heteroatoms. The highest BCUT2D eigenvalue weighted by molar-refractivity contribution is 5.87. The van der Waals surface area contributed by atoms with Crippen LogP contribution in [0.4, 0.5) is 0 Å². The fourth-order valence-corrected chi connectivity index (χ4v) is 8.34. The first-order chi connectivity index (χ1) is 14.0. The van der Waals surface area contributed by atoms with Crippen LogP contribution in [0.15, 0.2) is 0 Å². The normalized spacial score (nSPS) is 47.4. The molecule has 0 amide bonds. The maximum atomic E-state index is 12.5. The molecule has 4 fully saturated rings. The highest BCUT2D eigenvalue weighted by atomic mass is 16.6. The van der Waals surface area contributed by atoms with E-state index in [0.29, 0.717) is 36.5 Å². The zero-order valence-electron chi connectivity index (χ0n) is 19.3. The molecule has 0 spiro atoms. The number of rotatable bonds is 3. The minimum absolute atomic E-state index is 0.00175. The van der Waals surface area contributed by atoms with E-state index in [0.717, 1.165) is 32.1 Å². The first kappa shape index (κ1) is 21.8. The molecule has 4 rings (SSSR count). The summed E-state index contributed by atoms with van der Waals surface area (Å²) < 4.78 is 11.4. The maximum absolute atomic E-state index is 12.5. The van der Waals surface area contributed by atoms with Crippen LogP contribution in [0.3, 0.4) is 0 Å². The Bertz CT molecular complexity index is 746. The second-order valence-corrected chi connectivity index (χ2v) is 11.2. The SMILES string of the molecule is CC(=O)O[C@H]1CC[C@@H]2[C@@H]3CC[C@H]4C[C@@](OC(C)=O)(C(C)=O)CC[C@]4(C)[C@H]3CC[C@]12C. The molecule has 0 N–H and O–H groups in total.